The summed E-state index contributed by atoms with van der Waals surface area (Å²) in [7, 11) is 0. The molecular weight excluding hydrogens is 374 g/mol. The zero-order chi connectivity index (χ0) is 20.7. The number of nitrogens with zero attached hydrogens (tertiary/aromatic N) is 2. The van der Waals surface area contributed by atoms with Crippen LogP contribution in [-0.4, -0.2) is 9.13 Å². The molecule has 146 valence electrons. The van der Waals surface area contributed by atoms with E-state index in [0.29, 0.717) is 22.2 Å². The molecule has 0 N–H and O–H groups in total. The molecule has 0 saturated carbocycles. The minimum absolute atomic E-state index is 0.00166. The number of rotatable bonds is 3. The van der Waals surface area contributed by atoms with Crippen molar-refractivity contribution in [1.29, 1.82) is 0 Å². The number of fused-ring (bicyclic) bond motifs is 1. The first kappa shape index (κ1) is 18.8. The molecule has 0 spiro atoms. The van der Waals surface area contributed by atoms with Crippen LogP contribution < -0.4 is 11.2 Å². The highest BCUT2D eigenvalue weighted by molar-refractivity contribution is 5.78. The summed E-state index contributed by atoms with van der Waals surface area (Å²) in [6.45, 7) is 3.86. The van der Waals surface area contributed by atoms with Crippen molar-refractivity contribution in [3.05, 3.63) is 110 Å². The Hall–Kier alpha value is -3.54. The molecular formula is C23H18F2N2O2. The SMILES string of the molecule is Cc1ccc(-n2c(=O)c3ccccc3n(Cc3ccc(F)c(F)c3)c2=O)cc1C. The minimum atomic E-state index is -0.984. The summed E-state index contributed by atoms with van der Waals surface area (Å²) in [6, 6.07) is 15.6. The van der Waals surface area contributed by atoms with E-state index in [9.17, 15) is 18.4 Å². The van der Waals surface area contributed by atoms with E-state index >= 15 is 0 Å². The van der Waals surface area contributed by atoms with Gasteiger partial charge in [0.05, 0.1) is 23.1 Å². The van der Waals surface area contributed by atoms with Gasteiger partial charge in [-0.25, -0.2) is 18.1 Å². The third kappa shape index (κ3) is 3.27. The number of halogens is 2. The van der Waals surface area contributed by atoms with Gasteiger partial charge in [0, 0.05) is 0 Å². The number of hydrogen-bond donors (Lipinski definition) is 0. The lowest BCUT2D eigenvalue weighted by atomic mass is 10.1. The summed E-state index contributed by atoms with van der Waals surface area (Å²) in [5, 5.41) is 0.368. The number of aromatic nitrogens is 2. The van der Waals surface area contributed by atoms with Gasteiger partial charge in [0.25, 0.3) is 5.56 Å². The van der Waals surface area contributed by atoms with Crippen LogP contribution in [-0.2, 0) is 6.54 Å². The molecule has 0 amide bonds. The molecule has 4 nitrogen and oxygen atoms in total. The predicted molar refractivity (Wildman–Crippen MR) is 109 cm³/mol. The molecule has 0 saturated heterocycles. The van der Waals surface area contributed by atoms with E-state index in [1.54, 1.807) is 36.4 Å². The van der Waals surface area contributed by atoms with Crippen LogP contribution in [0.4, 0.5) is 8.78 Å². The van der Waals surface area contributed by atoms with E-state index in [-0.39, 0.29) is 6.54 Å². The molecule has 0 bridgehead atoms. The first-order chi connectivity index (χ1) is 13.9. The van der Waals surface area contributed by atoms with Gasteiger partial charge in [-0.1, -0.05) is 24.3 Å². The lowest BCUT2D eigenvalue weighted by molar-refractivity contribution is 0.506. The lowest BCUT2D eigenvalue weighted by Crippen LogP contribution is -2.39. The molecule has 1 aromatic heterocycles. The molecule has 0 aliphatic carbocycles. The Morgan fingerprint density at radius 3 is 2.31 bits per heavy atom. The Kier molecular flexibility index (Phi) is 4.62. The minimum Gasteiger partial charge on any atom is -0.288 e. The number of aryl methyl sites for hydroxylation is 2. The van der Waals surface area contributed by atoms with Gasteiger partial charge in [-0.2, -0.15) is 0 Å². The van der Waals surface area contributed by atoms with Crippen molar-refractivity contribution in [3.8, 4) is 5.69 Å². The van der Waals surface area contributed by atoms with Crippen molar-refractivity contribution in [2.45, 2.75) is 20.4 Å². The van der Waals surface area contributed by atoms with Crippen LogP contribution in [0.5, 0.6) is 0 Å². The van der Waals surface area contributed by atoms with Crippen LogP contribution in [0.15, 0.2) is 70.3 Å². The Morgan fingerprint density at radius 2 is 1.59 bits per heavy atom. The Labute approximate surface area is 165 Å². The molecule has 29 heavy (non-hydrogen) atoms. The van der Waals surface area contributed by atoms with Crippen LogP contribution in [0.3, 0.4) is 0 Å². The largest absolute Gasteiger partial charge is 0.336 e. The van der Waals surface area contributed by atoms with Crippen LogP contribution in [0.25, 0.3) is 16.6 Å². The highest BCUT2D eigenvalue weighted by atomic mass is 19.2. The lowest BCUT2D eigenvalue weighted by Gasteiger charge is -2.15. The van der Waals surface area contributed by atoms with E-state index < -0.39 is 22.9 Å². The molecule has 0 fully saturated rings. The number of benzene rings is 3. The number of para-hydroxylation sites is 1. The fourth-order valence-electron chi connectivity index (χ4n) is 3.39. The van der Waals surface area contributed by atoms with Gasteiger partial charge >= 0.3 is 5.69 Å². The summed E-state index contributed by atoms with van der Waals surface area (Å²) in [5.41, 5.74) is 2.36. The van der Waals surface area contributed by atoms with E-state index in [4.69, 9.17) is 0 Å². The highest BCUT2D eigenvalue weighted by Crippen LogP contribution is 2.16. The van der Waals surface area contributed by atoms with Gasteiger partial charge in [0.1, 0.15) is 0 Å². The standard InChI is InChI=1S/C23H18F2N2O2/c1-14-7-9-17(11-15(14)2)27-22(28)18-5-3-4-6-21(18)26(23(27)29)13-16-8-10-19(24)20(25)12-16/h3-12H,13H2,1-2H3. The fourth-order valence-corrected chi connectivity index (χ4v) is 3.39. The number of hydrogen-bond acceptors (Lipinski definition) is 2. The van der Waals surface area contributed by atoms with E-state index in [2.05, 4.69) is 0 Å². The molecule has 0 unspecified atom stereocenters. The van der Waals surface area contributed by atoms with Gasteiger partial charge in [-0.05, 0) is 66.9 Å². The van der Waals surface area contributed by atoms with Gasteiger partial charge < -0.3 is 0 Å². The third-order valence-electron chi connectivity index (χ3n) is 5.12. The van der Waals surface area contributed by atoms with Crippen molar-refractivity contribution in [2.75, 3.05) is 0 Å². The Balaban J connectivity index is 2.01. The predicted octanol–water partition coefficient (Wildman–Crippen LogP) is 4.10. The van der Waals surface area contributed by atoms with E-state index in [1.807, 2.05) is 19.9 Å². The molecule has 3 aromatic carbocycles. The first-order valence-electron chi connectivity index (χ1n) is 9.13. The van der Waals surface area contributed by atoms with Gasteiger partial charge in [-0.15, -0.1) is 0 Å². The second kappa shape index (κ2) is 7.13. The normalized spacial score (nSPS) is 11.2. The first-order valence-corrected chi connectivity index (χ1v) is 9.13. The Morgan fingerprint density at radius 1 is 0.828 bits per heavy atom. The Bertz CT molecular complexity index is 1370. The maximum absolute atomic E-state index is 13.7. The van der Waals surface area contributed by atoms with Crippen molar-refractivity contribution < 1.29 is 8.78 Å². The van der Waals surface area contributed by atoms with E-state index in [1.165, 1.54) is 10.6 Å². The quantitative estimate of drug-likeness (QED) is 0.527. The monoisotopic (exact) mass is 392 g/mol. The average molecular weight is 392 g/mol. The van der Waals surface area contributed by atoms with Crippen LogP contribution >= 0.6 is 0 Å². The summed E-state index contributed by atoms with van der Waals surface area (Å²) in [6.07, 6.45) is 0. The summed E-state index contributed by atoms with van der Waals surface area (Å²) < 4.78 is 29.5. The zero-order valence-corrected chi connectivity index (χ0v) is 15.9. The van der Waals surface area contributed by atoms with Gasteiger partial charge in [-0.3, -0.25) is 9.36 Å². The van der Waals surface area contributed by atoms with Gasteiger partial charge in [0.2, 0.25) is 0 Å². The molecule has 4 rings (SSSR count). The summed E-state index contributed by atoms with van der Waals surface area (Å²) in [4.78, 5) is 26.4. The van der Waals surface area contributed by atoms with Crippen LogP contribution in [0.1, 0.15) is 16.7 Å². The van der Waals surface area contributed by atoms with Crippen molar-refractivity contribution >= 4 is 10.9 Å². The zero-order valence-electron chi connectivity index (χ0n) is 15.9. The van der Waals surface area contributed by atoms with Gasteiger partial charge in [0.15, 0.2) is 11.6 Å². The molecule has 0 radical (unpaired) electrons. The molecule has 6 heteroatoms. The van der Waals surface area contributed by atoms with Crippen LogP contribution in [0.2, 0.25) is 0 Å². The van der Waals surface area contributed by atoms with E-state index in [0.717, 1.165) is 27.8 Å². The second-order valence-electron chi connectivity index (χ2n) is 7.04. The summed E-state index contributed by atoms with van der Waals surface area (Å²) >= 11 is 0. The molecule has 0 atom stereocenters. The molecule has 1 heterocycles. The van der Waals surface area contributed by atoms with Crippen LogP contribution in [0, 0.1) is 25.5 Å². The maximum atomic E-state index is 13.7. The average Bonchev–Trinajstić information content (AvgIpc) is 2.70. The highest BCUT2D eigenvalue weighted by Gasteiger charge is 2.15. The smallest absolute Gasteiger partial charge is 0.288 e. The molecule has 0 aliphatic heterocycles. The third-order valence-corrected chi connectivity index (χ3v) is 5.12. The fraction of sp³-hybridized carbons (Fsp3) is 0.130. The topological polar surface area (TPSA) is 44.0 Å². The summed E-state index contributed by atoms with van der Waals surface area (Å²) in [5.74, 6) is -1.94. The molecule has 4 aromatic rings. The van der Waals surface area contributed by atoms with Crippen molar-refractivity contribution in [2.24, 2.45) is 0 Å². The second-order valence-corrected chi connectivity index (χ2v) is 7.04. The molecule has 0 aliphatic rings. The van der Waals surface area contributed by atoms with Crippen molar-refractivity contribution in [3.63, 3.8) is 0 Å². The maximum Gasteiger partial charge on any atom is 0.336 e. The van der Waals surface area contributed by atoms with Crippen molar-refractivity contribution in [1.82, 2.24) is 9.13 Å².